The zero-order chi connectivity index (χ0) is 14.2. The molecule has 0 aromatic heterocycles. The first kappa shape index (κ1) is 14.0. The van der Waals surface area contributed by atoms with Gasteiger partial charge >= 0.3 is 0 Å². The topological polar surface area (TPSA) is 49.4 Å². The maximum Gasteiger partial charge on any atom is 0.279 e. The molecule has 1 aliphatic heterocycles. The Morgan fingerprint density at radius 3 is 2.45 bits per heavy atom. The predicted molar refractivity (Wildman–Crippen MR) is 79.7 cm³/mol. The van der Waals surface area contributed by atoms with E-state index < -0.39 is 10.2 Å². The number of benzene rings is 1. The fraction of sp³-hybridized carbons (Fsp3) is 0.600. The zero-order valence-electron chi connectivity index (χ0n) is 11.9. The second-order valence-corrected chi connectivity index (χ2v) is 7.77. The Hall–Kier alpha value is -0.910. The summed E-state index contributed by atoms with van der Waals surface area (Å²) in [6, 6.07) is 8.22. The fourth-order valence-electron chi connectivity index (χ4n) is 2.91. The Morgan fingerprint density at radius 1 is 1.20 bits per heavy atom. The molecule has 1 saturated carbocycles. The number of nitrogens with one attached hydrogen (secondary N) is 1. The third kappa shape index (κ3) is 2.90. The van der Waals surface area contributed by atoms with Gasteiger partial charge in [0.1, 0.15) is 0 Å². The Bertz CT molecular complexity index is 588. The zero-order valence-corrected chi connectivity index (χ0v) is 12.7. The van der Waals surface area contributed by atoms with E-state index in [1.165, 1.54) is 11.1 Å². The molecule has 3 rings (SSSR count). The first-order valence-electron chi connectivity index (χ1n) is 7.34. The minimum absolute atomic E-state index is 0.243. The van der Waals surface area contributed by atoms with Crippen molar-refractivity contribution < 1.29 is 8.42 Å². The Labute approximate surface area is 121 Å². The minimum atomic E-state index is -3.30. The summed E-state index contributed by atoms with van der Waals surface area (Å²) in [5.41, 5.74) is 2.24. The normalized spacial score (nSPS) is 22.1. The van der Waals surface area contributed by atoms with Crippen molar-refractivity contribution in [3.05, 3.63) is 35.4 Å². The van der Waals surface area contributed by atoms with Gasteiger partial charge < -0.3 is 0 Å². The molecule has 20 heavy (non-hydrogen) atoms. The summed E-state index contributed by atoms with van der Waals surface area (Å²) in [6.07, 6.45) is 4.63. The fourth-order valence-corrected chi connectivity index (χ4v) is 4.60. The first-order valence-corrected chi connectivity index (χ1v) is 8.78. The second-order valence-electron chi connectivity index (χ2n) is 6.10. The van der Waals surface area contributed by atoms with Gasteiger partial charge in [0.2, 0.25) is 0 Å². The van der Waals surface area contributed by atoms with Crippen LogP contribution in [-0.2, 0) is 16.6 Å². The quantitative estimate of drug-likeness (QED) is 0.903. The average molecular weight is 294 g/mol. The molecule has 1 saturated heterocycles. The maximum absolute atomic E-state index is 12.4. The molecule has 1 aromatic carbocycles. The molecule has 2 aliphatic rings. The molecule has 1 N–H and O–H groups in total. The molecule has 1 heterocycles. The van der Waals surface area contributed by atoms with Gasteiger partial charge in [-0.1, -0.05) is 24.3 Å². The SMILES string of the molecule is Cc1ccccc1CC1(NS(=O)(=O)N2CCCC2)CC1. The van der Waals surface area contributed by atoms with Crippen LogP contribution >= 0.6 is 0 Å². The van der Waals surface area contributed by atoms with E-state index in [2.05, 4.69) is 23.8 Å². The number of rotatable bonds is 5. The highest BCUT2D eigenvalue weighted by Gasteiger charge is 2.47. The van der Waals surface area contributed by atoms with Gasteiger partial charge in [-0.15, -0.1) is 0 Å². The summed E-state index contributed by atoms with van der Waals surface area (Å²) >= 11 is 0. The van der Waals surface area contributed by atoms with E-state index in [9.17, 15) is 8.42 Å². The monoisotopic (exact) mass is 294 g/mol. The van der Waals surface area contributed by atoms with Gasteiger partial charge in [0, 0.05) is 18.6 Å². The molecular formula is C15H22N2O2S. The van der Waals surface area contributed by atoms with Crippen LogP contribution in [0.4, 0.5) is 0 Å². The highest BCUT2D eigenvalue weighted by Crippen LogP contribution is 2.40. The number of hydrogen-bond donors (Lipinski definition) is 1. The van der Waals surface area contributed by atoms with Crippen molar-refractivity contribution in [3.63, 3.8) is 0 Å². The molecule has 4 nitrogen and oxygen atoms in total. The molecular weight excluding hydrogens is 272 g/mol. The molecule has 0 spiro atoms. The van der Waals surface area contributed by atoms with Gasteiger partial charge in [-0.2, -0.15) is 17.4 Å². The minimum Gasteiger partial charge on any atom is -0.196 e. The van der Waals surface area contributed by atoms with E-state index in [1.54, 1.807) is 4.31 Å². The first-order chi connectivity index (χ1) is 9.51. The van der Waals surface area contributed by atoms with Crippen LogP contribution in [0.2, 0.25) is 0 Å². The summed E-state index contributed by atoms with van der Waals surface area (Å²) in [5, 5.41) is 0. The lowest BCUT2D eigenvalue weighted by Gasteiger charge is -2.23. The molecule has 5 heteroatoms. The summed E-state index contributed by atoms with van der Waals surface area (Å²) < 4.78 is 29.3. The van der Waals surface area contributed by atoms with Crippen molar-refractivity contribution in [2.75, 3.05) is 13.1 Å². The molecule has 1 aromatic rings. The van der Waals surface area contributed by atoms with Gasteiger partial charge in [-0.25, -0.2) is 0 Å². The van der Waals surface area contributed by atoms with Gasteiger partial charge in [-0.3, -0.25) is 0 Å². The molecule has 0 unspecified atom stereocenters. The van der Waals surface area contributed by atoms with Crippen molar-refractivity contribution in [1.29, 1.82) is 0 Å². The lowest BCUT2D eigenvalue weighted by molar-refractivity contribution is 0.446. The summed E-state index contributed by atoms with van der Waals surface area (Å²) in [7, 11) is -3.30. The largest absolute Gasteiger partial charge is 0.279 e. The Balaban J connectivity index is 1.72. The van der Waals surface area contributed by atoms with E-state index in [0.717, 1.165) is 32.1 Å². The van der Waals surface area contributed by atoms with Crippen molar-refractivity contribution in [1.82, 2.24) is 9.03 Å². The second kappa shape index (κ2) is 5.13. The maximum atomic E-state index is 12.4. The summed E-state index contributed by atoms with van der Waals surface area (Å²) in [6.45, 7) is 3.41. The lowest BCUT2D eigenvalue weighted by Crippen LogP contribution is -2.46. The van der Waals surface area contributed by atoms with E-state index in [-0.39, 0.29) is 5.54 Å². The van der Waals surface area contributed by atoms with Crippen LogP contribution in [0, 0.1) is 6.92 Å². The van der Waals surface area contributed by atoms with Gasteiger partial charge in [0.25, 0.3) is 10.2 Å². The van der Waals surface area contributed by atoms with Crippen molar-refractivity contribution in [2.24, 2.45) is 0 Å². The van der Waals surface area contributed by atoms with Crippen LogP contribution < -0.4 is 4.72 Å². The van der Waals surface area contributed by atoms with E-state index in [4.69, 9.17) is 0 Å². The molecule has 1 aliphatic carbocycles. The van der Waals surface area contributed by atoms with Gasteiger partial charge in [0.15, 0.2) is 0 Å². The van der Waals surface area contributed by atoms with E-state index >= 15 is 0 Å². The van der Waals surface area contributed by atoms with Crippen LogP contribution in [0.15, 0.2) is 24.3 Å². The van der Waals surface area contributed by atoms with Crippen molar-refractivity contribution in [3.8, 4) is 0 Å². The molecule has 0 radical (unpaired) electrons. The average Bonchev–Trinajstić information content (AvgIpc) is 2.94. The molecule has 2 fully saturated rings. The van der Waals surface area contributed by atoms with Crippen LogP contribution in [0.3, 0.4) is 0 Å². The highest BCUT2D eigenvalue weighted by molar-refractivity contribution is 7.87. The predicted octanol–water partition coefficient (Wildman–Crippen LogP) is 2.00. The summed E-state index contributed by atoms with van der Waals surface area (Å²) in [4.78, 5) is 0. The Morgan fingerprint density at radius 2 is 1.85 bits per heavy atom. The summed E-state index contributed by atoms with van der Waals surface area (Å²) in [5.74, 6) is 0. The van der Waals surface area contributed by atoms with Gasteiger partial charge in [0.05, 0.1) is 0 Å². The Kier molecular flexibility index (Phi) is 3.60. The third-order valence-corrected chi connectivity index (χ3v) is 6.13. The van der Waals surface area contributed by atoms with Crippen molar-refractivity contribution >= 4 is 10.2 Å². The lowest BCUT2D eigenvalue weighted by atomic mass is 10.0. The highest BCUT2D eigenvalue weighted by atomic mass is 32.2. The van der Waals surface area contributed by atoms with Crippen molar-refractivity contribution in [2.45, 2.75) is 44.6 Å². The van der Waals surface area contributed by atoms with Gasteiger partial charge in [-0.05, 0) is 50.2 Å². The van der Waals surface area contributed by atoms with E-state index in [0.29, 0.717) is 13.1 Å². The number of hydrogen-bond acceptors (Lipinski definition) is 2. The smallest absolute Gasteiger partial charge is 0.196 e. The number of nitrogens with zero attached hydrogens (tertiary/aromatic N) is 1. The number of aryl methyl sites for hydroxylation is 1. The molecule has 110 valence electrons. The van der Waals surface area contributed by atoms with Crippen LogP contribution in [0.1, 0.15) is 36.8 Å². The van der Waals surface area contributed by atoms with Crippen LogP contribution in [0.25, 0.3) is 0 Å². The van der Waals surface area contributed by atoms with Crippen LogP contribution in [-0.4, -0.2) is 31.4 Å². The standard InChI is InChI=1S/C15H22N2O2S/c1-13-6-2-3-7-14(13)12-15(8-9-15)16-20(18,19)17-10-4-5-11-17/h2-3,6-7,16H,4-5,8-12H2,1H3. The van der Waals surface area contributed by atoms with Crippen LogP contribution in [0.5, 0.6) is 0 Å². The molecule has 0 bridgehead atoms. The molecule has 0 amide bonds. The molecule has 0 atom stereocenters. The third-order valence-electron chi connectivity index (χ3n) is 4.39. The van der Waals surface area contributed by atoms with E-state index in [1.807, 2.05) is 12.1 Å².